The molecule has 0 aromatic heterocycles. The Hall–Kier alpha value is -2.37. The van der Waals surface area contributed by atoms with Gasteiger partial charge in [-0.2, -0.15) is 0 Å². The fraction of sp³-hybridized carbons (Fsp3) is 0.526. The normalized spacial score (nSPS) is 15.0. The van der Waals surface area contributed by atoms with Crippen LogP contribution in [0.4, 0.5) is 0 Å². The minimum absolute atomic E-state index is 0.105. The molecule has 1 heterocycles. The van der Waals surface area contributed by atoms with E-state index < -0.39 is 5.97 Å². The van der Waals surface area contributed by atoms with Crippen molar-refractivity contribution in [1.29, 1.82) is 0 Å². The van der Waals surface area contributed by atoms with Gasteiger partial charge in [0.05, 0.1) is 5.56 Å². The minimum atomic E-state index is -0.508. The summed E-state index contributed by atoms with van der Waals surface area (Å²) in [6.45, 7) is 3.14. The third kappa shape index (κ3) is 6.57. The van der Waals surface area contributed by atoms with Crippen LogP contribution in [0.15, 0.2) is 24.3 Å². The summed E-state index contributed by atoms with van der Waals surface area (Å²) in [6.07, 6.45) is 5.54. The van der Waals surface area contributed by atoms with Crippen molar-refractivity contribution in [2.24, 2.45) is 0 Å². The average Bonchev–Trinajstić information content (AvgIpc) is 2.57. The van der Waals surface area contributed by atoms with Crippen molar-refractivity contribution in [2.45, 2.75) is 45.6 Å². The molecule has 1 N–H and O–H groups in total. The van der Waals surface area contributed by atoms with Crippen molar-refractivity contribution in [3.63, 3.8) is 0 Å². The Kier molecular flexibility index (Phi) is 7.44. The molecule has 25 heavy (non-hydrogen) atoms. The molecule has 0 bridgehead atoms. The Bertz CT molecular complexity index is 590. The molecule has 136 valence electrons. The maximum Gasteiger partial charge on any atom is 0.338 e. The molecule has 2 rings (SSSR count). The molecule has 6 heteroatoms. The standard InChI is InChI=1S/C19H26N2O4/c1-15(22)20-13-16-7-9-17(10-8-16)19(24)25-14-18(23)21-11-5-3-2-4-6-12-21/h7-10H,2-6,11-14H2,1H3,(H,20,22). The second-order valence-electron chi connectivity index (χ2n) is 6.33. The molecule has 0 radical (unpaired) electrons. The summed E-state index contributed by atoms with van der Waals surface area (Å²) >= 11 is 0. The van der Waals surface area contributed by atoms with Crippen LogP contribution in [0.25, 0.3) is 0 Å². The van der Waals surface area contributed by atoms with Crippen LogP contribution in [0.2, 0.25) is 0 Å². The topological polar surface area (TPSA) is 75.7 Å². The lowest BCUT2D eigenvalue weighted by Gasteiger charge is -2.24. The van der Waals surface area contributed by atoms with Gasteiger partial charge in [0, 0.05) is 26.6 Å². The summed E-state index contributed by atoms with van der Waals surface area (Å²) in [5, 5.41) is 2.69. The van der Waals surface area contributed by atoms with Gasteiger partial charge >= 0.3 is 5.97 Å². The highest BCUT2D eigenvalue weighted by atomic mass is 16.5. The first-order valence-electron chi connectivity index (χ1n) is 8.84. The first kappa shape index (κ1) is 19.0. The summed E-state index contributed by atoms with van der Waals surface area (Å²) in [7, 11) is 0. The lowest BCUT2D eigenvalue weighted by Crippen LogP contribution is -2.36. The van der Waals surface area contributed by atoms with E-state index in [0.717, 1.165) is 44.3 Å². The van der Waals surface area contributed by atoms with Gasteiger partial charge in [0.15, 0.2) is 6.61 Å². The highest BCUT2D eigenvalue weighted by Crippen LogP contribution is 2.11. The summed E-state index contributed by atoms with van der Waals surface area (Å²) in [5.74, 6) is -0.741. The van der Waals surface area contributed by atoms with Crippen LogP contribution >= 0.6 is 0 Å². The number of nitrogens with one attached hydrogen (secondary N) is 1. The zero-order valence-corrected chi connectivity index (χ0v) is 14.8. The highest BCUT2D eigenvalue weighted by molar-refractivity contribution is 5.91. The number of ether oxygens (including phenoxy) is 1. The van der Waals surface area contributed by atoms with Crippen molar-refractivity contribution in [1.82, 2.24) is 10.2 Å². The molecule has 0 atom stereocenters. The maximum atomic E-state index is 12.2. The lowest BCUT2D eigenvalue weighted by molar-refractivity contribution is -0.134. The number of hydrogen-bond acceptors (Lipinski definition) is 4. The van der Waals surface area contributed by atoms with Crippen LogP contribution in [-0.4, -0.2) is 42.4 Å². The molecular formula is C19H26N2O4. The second kappa shape index (κ2) is 9.81. The van der Waals surface area contributed by atoms with E-state index in [1.165, 1.54) is 13.3 Å². The SMILES string of the molecule is CC(=O)NCc1ccc(C(=O)OCC(=O)N2CCCCCCC2)cc1. The lowest BCUT2D eigenvalue weighted by atomic mass is 10.1. The van der Waals surface area contributed by atoms with Gasteiger partial charge in [0.2, 0.25) is 5.91 Å². The molecule has 0 unspecified atom stereocenters. The number of nitrogens with zero attached hydrogens (tertiary/aromatic N) is 1. The number of rotatable bonds is 5. The van der Waals surface area contributed by atoms with E-state index in [2.05, 4.69) is 5.32 Å². The number of carbonyl (C=O) groups is 3. The second-order valence-corrected chi connectivity index (χ2v) is 6.33. The molecule has 1 aliphatic rings. The molecule has 2 amide bonds. The molecule has 0 saturated carbocycles. The van der Waals surface area contributed by atoms with Crippen LogP contribution in [0.3, 0.4) is 0 Å². The minimum Gasteiger partial charge on any atom is -0.452 e. The average molecular weight is 346 g/mol. The molecule has 1 aromatic carbocycles. The maximum absolute atomic E-state index is 12.2. The Morgan fingerprint density at radius 2 is 1.60 bits per heavy atom. The van der Waals surface area contributed by atoms with E-state index in [4.69, 9.17) is 4.74 Å². The largest absolute Gasteiger partial charge is 0.452 e. The van der Waals surface area contributed by atoms with Crippen LogP contribution in [0.1, 0.15) is 54.9 Å². The number of carbonyl (C=O) groups excluding carboxylic acids is 3. The summed E-state index contributed by atoms with van der Waals surface area (Å²) in [4.78, 5) is 37.0. The predicted octanol–water partition coefficient (Wildman–Crippen LogP) is 2.27. The van der Waals surface area contributed by atoms with E-state index in [1.807, 2.05) is 0 Å². The summed E-state index contributed by atoms with van der Waals surface area (Å²) in [6, 6.07) is 6.79. The summed E-state index contributed by atoms with van der Waals surface area (Å²) in [5.41, 5.74) is 1.29. The molecule has 1 aliphatic heterocycles. The Balaban J connectivity index is 1.80. The quantitative estimate of drug-likeness (QED) is 0.830. The van der Waals surface area contributed by atoms with Crippen molar-refractivity contribution in [3.05, 3.63) is 35.4 Å². The number of benzene rings is 1. The first-order valence-corrected chi connectivity index (χ1v) is 8.84. The van der Waals surface area contributed by atoms with E-state index in [9.17, 15) is 14.4 Å². The fourth-order valence-electron chi connectivity index (χ4n) is 2.78. The smallest absolute Gasteiger partial charge is 0.338 e. The van der Waals surface area contributed by atoms with E-state index in [-0.39, 0.29) is 18.4 Å². The number of likely N-dealkylation sites (tertiary alicyclic amines) is 1. The highest BCUT2D eigenvalue weighted by Gasteiger charge is 2.17. The van der Waals surface area contributed by atoms with Gasteiger partial charge in [-0.05, 0) is 30.5 Å². The van der Waals surface area contributed by atoms with Crippen LogP contribution in [0, 0.1) is 0 Å². The van der Waals surface area contributed by atoms with Gasteiger partial charge in [0.25, 0.3) is 5.91 Å². The van der Waals surface area contributed by atoms with Gasteiger partial charge in [-0.15, -0.1) is 0 Å². The molecule has 1 aromatic rings. The van der Waals surface area contributed by atoms with Crippen LogP contribution < -0.4 is 5.32 Å². The van der Waals surface area contributed by atoms with Crippen molar-refractivity contribution in [3.8, 4) is 0 Å². The zero-order valence-electron chi connectivity index (χ0n) is 14.8. The van der Waals surface area contributed by atoms with Gasteiger partial charge < -0.3 is 15.0 Å². The van der Waals surface area contributed by atoms with Crippen molar-refractivity contribution < 1.29 is 19.1 Å². The fourth-order valence-corrected chi connectivity index (χ4v) is 2.78. The number of esters is 1. The Morgan fingerprint density at radius 3 is 2.20 bits per heavy atom. The Morgan fingerprint density at radius 1 is 1.00 bits per heavy atom. The predicted molar refractivity (Wildman–Crippen MR) is 93.9 cm³/mol. The molecular weight excluding hydrogens is 320 g/mol. The molecule has 1 fully saturated rings. The van der Waals surface area contributed by atoms with Gasteiger partial charge in [0.1, 0.15) is 0 Å². The van der Waals surface area contributed by atoms with E-state index in [1.54, 1.807) is 29.2 Å². The summed E-state index contributed by atoms with van der Waals surface area (Å²) < 4.78 is 5.15. The monoisotopic (exact) mass is 346 g/mol. The van der Waals surface area contributed by atoms with Crippen molar-refractivity contribution in [2.75, 3.05) is 19.7 Å². The van der Waals surface area contributed by atoms with Gasteiger partial charge in [-0.3, -0.25) is 9.59 Å². The molecule has 0 spiro atoms. The molecule has 0 aliphatic carbocycles. The van der Waals surface area contributed by atoms with Gasteiger partial charge in [-0.25, -0.2) is 4.79 Å². The van der Waals surface area contributed by atoms with Crippen LogP contribution in [-0.2, 0) is 20.9 Å². The molecule has 6 nitrogen and oxygen atoms in total. The van der Waals surface area contributed by atoms with E-state index >= 15 is 0 Å². The van der Waals surface area contributed by atoms with Gasteiger partial charge in [-0.1, -0.05) is 31.4 Å². The third-order valence-corrected chi connectivity index (χ3v) is 4.27. The Labute approximate surface area is 148 Å². The van der Waals surface area contributed by atoms with E-state index in [0.29, 0.717) is 12.1 Å². The number of hydrogen-bond donors (Lipinski definition) is 1. The third-order valence-electron chi connectivity index (χ3n) is 4.27. The van der Waals surface area contributed by atoms with Crippen molar-refractivity contribution >= 4 is 17.8 Å². The zero-order chi connectivity index (χ0) is 18.1. The number of amides is 2. The van der Waals surface area contributed by atoms with Crippen LogP contribution in [0.5, 0.6) is 0 Å². The molecule has 1 saturated heterocycles. The first-order chi connectivity index (χ1) is 12.1.